The van der Waals surface area contributed by atoms with Gasteiger partial charge in [0.15, 0.2) is 5.82 Å². The van der Waals surface area contributed by atoms with Crippen LogP contribution in [-0.4, -0.2) is 15.0 Å². The van der Waals surface area contributed by atoms with Crippen LogP contribution in [0.3, 0.4) is 0 Å². The van der Waals surface area contributed by atoms with Gasteiger partial charge in [0.1, 0.15) is 0 Å². The number of rotatable bonds is 4. The highest BCUT2D eigenvalue weighted by Crippen LogP contribution is 2.31. The first-order chi connectivity index (χ1) is 15.7. The van der Waals surface area contributed by atoms with E-state index in [1.807, 2.05) is 30.3 Å². The summed E-state index contributed by atoms with van der Waals surface area (Å²) in [4.78, 5) is 14.0. The lowest BCUT2D eigenvalue weighted by atomic mass is 10.0. The number of pyridine rings is 1. The third-order valence-electron chi connectivity index (χ3n) is 5.09. The van der Waals surface area contributed by atoms with Crippen LogP contribution in [-0.2, 0) is 0 Å². The Morgan fingerprint density at radius 2 is 1.09 bits per heavy atom. The van der Waals surface area contributed by atoms with E-state index in [4.69, 9.17) is 9.97 Å². The molecule has 0 aliphatic rings. The van der Waals surface area contributed by atoms with Crippen molar-refractivity contribution in [2.45, 2.75) is 0 Å². The molecule has 0 spiro atoms. The van der Waals surface area contributed by atoms with Crippen LogP contribution in [0.15, 0.2) is 112 Å². The average Bonchev–Trinajstić information content (AvgIpc) is 2.84. The molecule has 3 aromatic carbocycles. The van der Waals surface area contributed by atoms with Gasteiger partial charge >= 0.3 is 0 Å². The molecule has 0 aliphatic carbocycles. The van der Waals surface area contributed by atoms with Crippen molar-refractivity contribution in [2.24, 2.45) is 0 Å². The zero-order chi connectivity index (χ0) is 21.9. The summed E-state index contributed by atoms with van der Waals surface area (Å²) in [5.41, 5.74) is 7.00. The van der Waals surface area contributed by atoms with Crippen LogP contribution >= 0.6 is 31.9 Å². The van der Waals surface area contributed by atoms with Gasteiger partial charge in [-0.1, -0.05) is 86.5 Å². The summed E-state index contributed by atoms with van der Waals surface area (Å²) in [7, 11) is 0. The van der Waals surface area contributed by atoms with Crippen LogP contribution < -0.4 is 0 Å². The molecule has 5 aromatic rings. The minimum Gasteiger partial charge on any atom is -0.264 e. The fourth-order valence-electron chi connectivity index (χ4n) is 3.53. The summed E-state index contributed by atoms with van der Waals surface area (Å²) in [5.74, 6) is 0.647. The Hall–Kier alpha value is -3.15. The quantitative estimate of drug-likeness (QED) is 0.230. The maximum Gasteiger partial charge on any atom is 0.161 e. The van der Waals surface area contributed by atoms with E-state index < -0.39 is 0 Å². The van der Waals surface area contributed by atoms with Gasteiger partial charge in [-0.2, -0.15) is 0 Å². The van der Waals surface area contributed by atoms with Gasteiger partial charge in [-0.15, -0.1) is 0 Å². The van der Waals surface area contributed by atoms with Crippen molar-refractivity contribution in [3.63, 3.8) is 0 Å². The van der Waals surface area contributed by atoms with Gasteiger partial charge in [0.05, 0.1) is 11.4 Å². The number of halogens is 2. The Bertz CT molecular complexity index is 1350. The zero-order valence-corrected chi connectivity index (χ0v) is 20.1. The molecule has 3 nitrogen and oxygen atoms in total. The smallest absolute Gasteiger partial charge is 0.161 e. The fourth-order valence-corrected chi connectivity index (χ4v) is 4.83. The highest BCUT2D eigenvalue weighted by molar-refractivity contribution is 9.11. The van der Waals surface area contributed by atoms with Crippen LogP contribution in [0.1, 0.15) is 0 Å². The normalized spacial score (nSPS) is 10.8. The number of hydrogen-bond acceptors (Lipinski definition) is 3. The van der Waals surface area contributed by atoms with Crippen molar-refractivity contribution in [1.29, 1.82) is 0 Å². The summed E-state index contributed by atoms with van der Waals surface area (Å²) in [6.07, 6.45) is 3.54. The molecule has 5 rings (SSSR count). The van der Waals surface area contributed by atoms with Crippen LogP contribution in [0.2, 0.25) is 0 Å². The molecule has 0 radical (unpaired) electrons. The monoisotopic (exact) mass is 541 g/mol. The Balaban J connectivity index is 1.63. The molecule has 0 aliphatic heterocycles. The molecule has 0 fully saturated rings. The molecular weight excluding hydrogens is 526 g/mol. The highest BCUT2D eigenvalue weighted by atomic mass is 79.9. The standard InChI is InChI=1S/C27H17Br2N3/c28-23-13-22(14-24(29)15-23)26-16-25(31-27(32-26)21-7-4-12-30-17-21)20-10-8-19(9-11-20)18-5-2-1-3-6-18/h1-17H. The van der Waals surface area contributed by atoms with Crippen LogP contribution in [0.25, 0.3) is 45.0 Å². The summed E-state index contributed by atoms with van der Waals surface area (Å²) < 4.78 is 1.97. The molecule has 0 amide bonds. The summed E-state index contributed by atoms with van der Waals surface area (Å²) >= 11 is 7.17. The SMILES string of the molecule is Brc1cc(Br)cc(-c2cc(-c3ccc(-c4ccccc4)cc3)nc(-c3cccnc3)n2)c1. The largest absolute Gasteiger partial charge is 0.264 e. The number of aromatic nitrogens is 3. The number of benzene rings is 3. The molecule has 32 heavy (non-hydrogen) atoms. The lowest BCUT2D eigenvalue weighted by Gasteiger charge is -2.10. The van der Waals surface area contributed by atoms with Crippen molar-refractivity contribution in [3.05, 3.63) is 112 Å². The van der Waals surface area contributed by atoms with E-state index in [-0.39, 0.29) is 0 Å². The lowest BCUT2D eigenvalue weighted by Crippen LogP contribution is -1.96. The molecule has 0 bridgehead atoms. The predicted octanol–water partition coefficient (Wildman–Crippen LogP) is 8.06. The topological polar surface area (TPSA) is 38.7 Å². The first-order valence-electron chi connectivity index (χ1n) is 10.1. The minimum atomic E-state index is 0.647. The number of nitrogens with zero attached hydrogens (tertiary/aromatic N) is 3. The molecule has 0 saturated heterocycles. The van der Waals surface area contributed by atoms with Crippen molar-refractivity contribution < 1.29 is 0 Å². The maximum atomic E-state index is 4.87. The molecule has 0 unspecified atom stereocenters. The second-order valence-corrected chi connectivity index (χ2v) is 9.14. The van der Waals surface area contributed by atoms with Gasteiger partial charge in [-0.25, -0.2) is 9.97 Å². The van der Waals surface area contributed by atoms with Crippen LogP contribution in [0, 0.1) is 0 Å². The first-order valence-corrected chi connectivity index (χ1v) is 11.7. The van der Waals surface area contributed by atoms with Gasteiger partial charge in [0.25, 0.3) is 0 Å². The molecular formula is C27H17Br2N3. The molecule has 2 heterocycles. The lowest BCUT2D eigenvalue weighted by molar-refractivity contribution is 1.17. The fraction of sp³-hybridized carbons (Fsp3) is 0. The second-order valence-electron chi connectivity index (χ2n) is 7.31. The van der Waals surface area contributed by atoms with E-state index >= 15 is 0 Å². The van der Waals surface area contributed by atoms with Crippen LogP contribution in [0.4, 0.5) is 0 Å². The average molecular weight is 543 g/mol. The van der Waals surface area contributed by atoms with E-state index in [2.05, 4.69) is 97.5 Å². The zero-order valence-electron chi connectivity index (χ0n) is 16.9. The maximum absolute atomic E-state index is 4.87. The van der Waals surface area contributed by atoms with Gasteiger partial charge in [-0.3, -0.25) is 4.98 Å². The molecule has 2 aromatic heterocycles. The molecule has 0 saturated carbocycles. The van der Waals surface area contributed by atoms with E-state index in [1.165, 1.54) is 11.1 Å². The van der Waals surface area contributed by atoms with Crippen LogP contribution in [0.5, 0.6) is 0 Å². The van der Waals surface area contributed by atoms with E-state index in [0.717, 1.165) is 37.0 Å². The van der Waals surface area contributed by atoms with Crippen molar-refractivity contribution in [2.75, 3.05) is 0 Å². The predicted molar refractivity (Wildman–Crippen MR) is 137 cm³/mol. The van der Waals surface area contributed by atoms with E-state index in [0.29, 0.717) is 5.82 Å². The summed E-state index contributed by atoms with van der Waals surface area (Å²) in [6.45, 7) is 0. The van der Waals surface area contributed by atoms with Crippen molar-refractivity contribution in [3.8, 4) is 45.0 Å². The van der Waals surface area contributed by atoms with Crippen molar-refractivity contribution in [1.82, 2.24) is 15.0 Å². The third kappa shape index (κ3) is 4.54. The summed E-state index contributed by atoms with van der Waals surface area (Å²) in [6, 6.07) is 30.9. The first kappa shape index (κ1) is 20.7. The second kappa shape index (κ2) is 9.15. The van der Waals surface area contributed by atoms with Gasteiger partial charge < -0.3 is 0 Å². The Labute approximate surface area is 203 Å². The molecule has 154 valence electrons. The molecule has 0 atom stereocenters. The number of hydrogen-bond donors (Lipinski definition) is 0. The van der Waals surface area contributed by atoms with Gasteiger partial charge in [0, 0.05) is 38.0 Å². The minimum absolute atomic E-state index is 0.647. The third-order valence-corrected chi connectivity index (χ3v) is 6.01. The Kier molecular flexibility index (Phi) is 5.93. The van der Waals surface area contributed by atoms with E-state index in [9.17, 15) is 0 Å². The highest BCUT2D eigenvalue weighted by Gasteiger charge is 2.12. The Morgan fingerprint density at radius 3 is 1.75 bits per heavy atom. The van der Waals surface area contributed by atoms with E-state index in [1.54, 1.807) is 12.4 Å². The Morgan fingerprint density at radius 1 is 0.500 bits per heavy atom. The van der Waals surface area contributed by atoms with Crippen molar-refractivity contribution >= 4 is 31.9 Å². The van der Waals surface area contributed by atoms with Gasteiger partial charge in [0.2, 0.25) is 0 Å². The molecule has 5 heteroatoms. The van der Waals surface area contributed by atoms with Gasteiger partial charge in [-0.05, 0) is 47.5 Å². The summed E-state index contributed by atoms with van der Waals surface area (Å²) in [5, 5.41) is 0. The molecule has 0 N–H and O–H groups in total.